The highest BCUT2D eigenvalue weighted by molar-refractivity contribution is 7.26. The Hall–Kier alpha value is -8.08. The Kier molecular flexibility index (Phi) is 15.4. The molecule has 2 unspecified atom stereocenters. The van der Waals surface area contributed by atoms with Crippen LogP contribution in [0.4, 0.5) is 19.0 Å². The van der Waals surface area contributed by atoms with Crippen LogP contribution in [0.3, 0.4) is 0 Å². The lowest BCUT2D eigenvalue weighted by Crippen LogP contribution is -2.51. The number of β-amino-alcohol motifs (C(OH)–C–C–N with tert-alkyl or cyclic N) is 1. The molecule has 2 amide bonds. The standard InChI is InChI=1S/C65H70F3N15O5S/c1-5-45-48(66)16-12-40-25-49-47(27-70-77-49)54(53(40)45)56-58-46(17-21-69-56)55-59(80-28-41-14-15-42(29-80)72-41)74-63(75-61(55)89-58)88-35-64(33-65(64,67)68)34-79-23-19-37(20-24-79)7-13-43-30-83(78-76-43)57(36(3)4)62(87)81-31-44(85)26-52(81)60(86)73-50(32-84)38-8-10-39(11-9-38)51-18-22-71-82(51)6-2/h1,8-12,16-18,21-22,25,27,30,36-37,41-42,44,50,52,57,72,84-85H,6-7,13-15,19-20,23-24,26,28-29,31-35H2,2-4H3,(H,70,77)(H,73,86)/t41?,42?,44-,50+,52+,57+,64-/m1/s1. The van der Waals surface area contributed by atoms with E-state index < -0.39 is 47.3 Å². The minimum Gasteiger partial charge on any atom is -0.462 e. The maximum Gasteiger partial charge on any atom is 0.319 e. The molecule has 5 fully saturated rings. The number of aliphatic hydroxyl groups is 2. The monoisotopic (exact) mass is 1230 g/mol. The summed E-state index contributed by atoms with van der Waals surface area (Å²) in [5, 5.41) is 52.3. The number of benzene rings is 3. The number of carbonyl (C=O) groups excluding carboxylic acids is 2. The van der Waals surface area contributed by atoms with E-state index in [4.69, 9.17) is 26.1 Å². The quantitative estimate of drug-likeness (QED) is 0.0480. The molecule has 6 aromatic heterocycles. The summed E-state index contributed by atoms with van der Waals surface area (Å²) in [6.07, 6.45) is 16.8. The number of carbonyl (C=O) groups is 2. The van der Waals surface area contributed by atoms with Crippen LogP contribution in [0.5, 0.6) is 6.01 Å². The van der Waals surface area contributed by atoms with Crippen molar-refractivity contribution in [2.75, 3.05) is 57.4 Å². The number of pyridine rings is 1. The number of alkyl halides is 2. The number of nitrogens with one attached hydrogen (secondary N) is 3. The van der Waals surface area contributed by atoms with Crippen LogP contribution in [0.25, 0.3) is 64.5 Å². The fraction of sp³-hybridized carbons (Fsp3) is 0.462. The molecule has 14 rings (SSSR count). The average molecular weight is 1230 g/mol. The van der Waals surface area contributed by atoms with Crippen LogP contribution in [-0.2, 0) is 22.6 Å². The van der Waals surface area contributed by atoms with Crippen molar-refractivity contribution < 1.29 is 37.7 Å². The zero-order chi connectivity index (χ0) is 61.5. The molecule has 0 radical (unpaired) electrons. The summed E-state index contributed by atoms with van der Waals surface area (Å²) >= 11 is 1.40. The van der Waals surface area contributed by atoms with Gasteiger partial charge in [0.15, 0.2) is 0 Å². The van der Waals surface area contributed by atoms with Gasteiger partial charge in [-0.05, 0) is 111 Å². The first kappa shape index (κ1) is 58.6. The topological polar surface area (TPSA) is 233 Å². The Balaban J connectivity index is 0.631. The molecule has 3 aromatic carbocycles. The molecule has 89 heavy (non-hydrogen) atoms. The summed E-state index contributed by atoms with van der Waals surface area (Å²) in [6.45, 7) is 8.71. The van der Waals surface area contributed by atoms with E-state index in [1.807, 2.05) is 67.9 Å². The number of aryl methyl sites for hydroxylation is 2. The van der Waals surface area contributed by atoms with Gasteiger partial charge in [-0.15, -0.1) is 22.9 Å². The van der Waals surface area contributed by atoms with Crippen molar-refractivity contribution in [2.45, 2.75) is 121 Å². The number of fused-ring (bicyclic) bond motifs is 7. The predicted octanol–water partition coefficient (Wildman–Crippen LogP) is 8.23. The van der Waals surface area contributed by atoms with Gasteiger partial charge >= 0.3 is 6.01 Å². The molecule has 5 N–H and O–H groups in total. The van der Waals surface area contributed by atoms with Crippen LogP contribution in [0.2, 0.25) is 0 Å². The van der Waals surface area contributed by atoms with Crippen molar-refractivity contribution in [1.82, 2.24) is 70.4 Å². The zero-order valence-electron chi connectivity index (χ0n) is 49.8. The first-order valence-corrected chi connectivity index (χ1v) is 31.7. The maximum absolute atomic E-state index is 15.8. The fourth-order valence-corrected chi connectivity index (χ4v) is 15.6. The van der Waals surface area contributed by atoms with Gasteiger partial charge in [-0.2, -0.15) is 20.2 Å². The van der Waals surface area contributed by atoms with Gasteiger partial charge in [-0.25, -0.2) is 17.9 Å². The van der Waals surface area contributed by atoms with E-state index in [1.165, 1.54) is 22.3 Å². The number of amides is 2. The molecule has 2 bridgehead atoms. The number of halogens is 3. The van der Waals surface area contributed by atoms with Crippen molar-refractivity contribution in [2.24, 2.45) is 17.3 Å². The number of aromatic nitrogens is 10. The van der Waals surface area contributed by atoms with Crippen LogP contribution >= 0.6 is 11.3 Å². The van der Waals surface area contributed by atoms with Crippen LogP contribution in [0.15, 0.2) is 79.4 Å². The van der Waals surface area contributed by atoms with Crippen LogP contribution < -0.4 is 20.3 Å². The summed E-state index contributed by atoms with van der Waals surface area (Å²) < 4.78 is 57.8. The number of terminal acetylenes is 1. The summed E-state index contributed by atoms with van der Waals surface area (Å²) in [6, 6.07) is 14.4. The Bertz CT molecular complexity index is 4200. The predicted molar refractivity (Wildman–Crippen MR) is 332 cm³/mol. The van der Waals surface area contributed by atoms with Gasteiger partial charge in [-0.3, -0.25) is 24.4 Å². The van der Waals surface area contributed by atoms with Crippen molar-refractivity contribution in [3.63, 3.8) is 0 Å². The second-order valence-corrected chi connectivity index (χ2v) is 26.3. The van der Waals surface area contributed by atoms with Gasteiger partial charge in [0, 0.05) is 98.0 Å². The third-order valence-corrected chi connectivity index (χ3v) is 20.3. The smallest absolute Gasteiger partial charge is 0.319 e. The number of H-pyrrole nitrogens is 1. The van der Waals surface area contributed by atoms with Crippen molar-refractivity contribution in [3.8, 4) is 40.9 Å². The number of thiophene rings is 1. The van der Waals surface area contributed by atoms with Crippen molar-refractivity contribution in [1.29, 1.82) is 0 Å². The van der Waals surface area contributed by atoms with Gasteiger partial charge < -0.3 is 40.3 Å². The summed E-state index contributed by atoms with van der Waals surface area (Å²) in [5.74, 6) is -0.966. The van der Waals surface area contributed by atoms with E-state index in [9.17, 15) is 19.8 Å². The first-order valence-electron chi connectivity index (χ1n) is 30.9. The largest absolute Gasteiger partial charge is 0.462 e. The van der Waals surface area contributed by atoms with E-state index in [0.29, 0.717) is 83.6 Å². The number of aliphatic hydroxyl groups excluding tert-OH is 2. The molecule has 4 aliphatic heterocycles. The highest BCUT2D eigenvalue weighted by Gasteiger charge is 2.72. The van der Waals surface area contributed by atoms with E-state index in [1.54, 1.807) is 35.5 Å². The van der Waals surface area contributed by atoms with Gasteiger partial charge in [0.2, 0.25) is 11.8 Å². The number of piperazine rings is 1. The highest BCUT2D eigenvalue weighted by atomic mass is 32.1. The first-order chi connectivity index (χ1) is 43.1. The molecule has 5 aliphatic rings. The van der Waals surface area contributed by atoms with Gasteiger partial charge in [-0.1, -0.05) is 55.3 Å². The normalized spacial score (nSPS) is 22.7. The fourth-order valence-electron chi connectivity index (χ4n) is 14.4. The Labute approximate surface area is 515 Å². The van der Waals surface area contributed by atoms with Crippen LogP contribution in [0.1, 0.15) is 94.6 Å². The van der Waals surface area contributed by atoms with Gasteiger partial charge in [0.1, 0.15) is 35.2 Å². The highest BCUT2D eigenvalue weighted by Crippen LogP contribution is 2.61. The molecule has 20 nitrogen and oxygen atoms in total. The number of hydrogen-bond donors (Lipinski definition) is 5. The van der Waals surface area contributed by atoms with Gasteiger partial charge in [0.05, 0.1) is 68.6 Å². The average Bonchev–Trinajstić information content (AvgIpc) is 1.62. The molecule has 1 aliphatic carbocycles. The van der Waals surface area contributed by atoms with Crippen molar-refractivity contribution in [3.05, 3.63) is 102 Å². The number of anilines is 1. The third kappa shape index (κ3) is 10.8. The number of likely N-dealkylation sites (tertiary alicyclic amines) is 2. The molecule has 7 atom stereocenters. The number of piperidine rings is 1. The second-order valence-electron chi connectivity index (χ2n) is 25.3. The Morgan fingerprint density at radius 2 is 1.78 bits per heavy atom. The molecular formula is C65H70F3N15O5S. The van der Waals surface area contributed by atoms with Crippen molar-refractivity contribution >= 4 is 70.9 Å². The SMILES string of the molecule is C#Cc1c(F)ccc2cc3[nH]ncc3c(-c3nccc4c3sc3nc(OC[C@]5(CN6CCC(CCc7cn([C@H](C(=O)N8C[C@H](O)C[C@H]8C(=O)N[C@@H](CO)c8ccc(-c9ccnn9CC)cc8)C(C)C)nn7)CC6)CC5(F)F)nc(N5CC6CCC(C5)N6)c34)c12. The van der Waals surface area contributed by atoms with Crippen LogP contribution in [-0.4, -0.2) is 164 Å². The summed E-state index contributed by atoms with van der Waals surface area (Å²) in [4.78, 5) is 49.9. The number of hydrogen-bond acceptors (Lipinski definition) is 16. The second kappa shape index (κ2) is 23.4. The van der Waals surface area contributed by atoms with E-state index in [0.717, 1.165) is 75.1 Å². The summed E-state index contributed by atoms with van der Waals surface area (Å²) in [5.41, 5.74) is 3.96. The van der Waals surface area contributed by atoms with Crippen LogP contribution in [0, 0.1) is 35.4 Å². The van der Waals surface area contributed by atoms with E-state index in [2.05, 4.69) is 52.0 Å². The lowest BCUT2D eigenvalue weighted by molar-refractivity contribution is -0.142. The minimum absolute atomic E-state index is 0.0296. The summed E-state index contributed by atoms with van der Waals surface area (Å²) in [7, 11) is 0. The molecule has 0 spiro atoms. The number of rotatable bonds is 19. The lowest BCUT2D eigenvalue weighted by atomic mass is 9.91. The molecule has 1 saturated carbocycles. The molecule has 9 aromatic rings. The zero-order valence-corrected chi connectivity index (χ0v) is 50.6. The van der Waals surface area contributed by atoms with Gasteiger partial charge in [0.25, 0.3) is 5.92 Å². The molecule has 462 valence electrons. The molecule has 10 heterocycles. The maximum atomic E-state index is 15.8. The number of aromatic amines is 1. The Morgan fingerprint density at radius 1 is 0.989 bits per heavy atom. The molecular weight excluding hydrogens is 1160 g/mol. The molecule has 24 heteroatoms. The van der Waals surface area contributed by atoms with E-state index >= 15 is 13.2 Å². The third-order valence-electron chi connectivity index (χ3n) is 19.2. The lowest BCUT2D eigenvalue weighted by Gasteiger charge is -2.35. The molecule has 4 saturated heterocycles. The Morgan fingerprint density at radius 3 is 2.51 bits per heavy atom. The number of nitrogens with zero attached hydrogens (tertiary/aromatic N) is 12. The van der Waals surface area contributed by atoms with E-state index in [-0.39, 0.29) is 74.6 Å². The minimum atomic E-state index is -2.94. The number of ether oxygens (including phenoxy) is 1.